The van der Waals surface area contributed by atoms with Crippen molar-refractivity contribution in [2.75, 3.05) is 13.2 Å². The molecule has 2 N–H and O–H groups in total. The van der Waals surface area contributed by atoms with Crippen LogP contribution < -0.4 is 0 Å². The van der Waals surface area contributed by atoms with Crippen molar-refractivity contribution in [1.82, 2.24) is 0 Å². The van der Waals surface area contributed by atoms with Gasteiger partial charge >= 0.3 is 4.70 Å². The molecule has 0 atom stereocenters. The molecule has 0 bridgehead atoms. The van der Waals surface area contributed by atoms with Crippen LogP contribution in [0.25, 0.3) is 0 Å². The molecule has 0 amide bonds. The lowest BCUT2D eigenvalue weighted by molar-refractivity contribution is 0.0234. The maximum atomic E-state index is 8.98. The number of rotatable bonds is 2. The quantitative estimate of drug-likeness (QED) is 0.732. The fourth-order valence-electron chi connectivity index (χ4n) is 1.67. The van der Waals surface area contributed by atoms with Crippen LogP contribution in [0.2, 0.25) is 0 Å². The zero-order valence-electron chi connectivity index (χ0n) is 8.01. The van der Waals surface area contributed by atoms with Crippen LogP contribution in [0.3, 0.4) is 0 Å². The third kappa shape index (κ3) is 5.81. The first-order valence-electron chi connectivity index (χ1n) is 4.63. The molecule has 1 rings (SSSR count). The SMILES string of the molecule is O=C(Cl)Cl.OCC1(CO)CCCCC1. The molecule has 0 unspecified atom stereocenters. The molecule has 0 aromatic rings. The monoisotopic (exact) mass is 242 g/mol. The van der Waals surface area contributed by atoms with Crippen molar-refractivity contribution < 1.29 is 15.0 Å². The van der Waals surface area contributed by atoms with E-state index in [1.54, 1.807) is 0 Å². The summed E-state index contributed by atoms with van der Waals surface area (Å²) >= 11 is 8.80. The second kappa shape index (κ2) is 7.46. The Kier molecular flexibility index (Phi) is 7.55. The lowest BCUT2D eigenvalue weighted by atomic mass is 9.75. The summed E-state index contributed by atoms with van der Waals surface area (Å²) in [6.45, 7) is 0.312. The first-order valence-corrected chi connectivity index (χ1v) is 5.38. The Morgan fingerprint density at radius 2 is 1.43 bits per heavy atom. The number of hydrogen-bond donors (Lipinski definition) is 2. The van der Waals surface area contributed by atoms with E-state index in [-0.39, 0.29) is 18.6 Å². The molecule has 1 fully saturated rings. The van der Waals surface area contributed by atoms with E-state index in [4.69, 9.17) is 15.0 Å². The van der Waals surface area contributed by atoms with Gasteiger partial charge in [-0.1, -0.05) is 19.3 Å². The second-order valence-corrected chi connectivity index (χ2v) is 4.48. The maximum Gasteiger partial charge on any atom is 0.313 e. The van der Waals surface area contributed by atoms with E-state index in [0.717, 1.165) is 12.8 Å². The van der Waals surface area contributed by atoms with E-state index in [2.05, 4.69) is 23.2 Å². The minimum absolute atomic E-state index is 0.127. The molecule has 1 saturated carbocycles. The summed E-state index contributed by atoms with van der Waals surface area (Å²) < 4.78 is -0.889. The number of hydrogen-bond acceptors (Lipinski definition) is 3. The largest absolute Gasteiger partial charge is 0.396 e. The van der Waals surface area contributed by atoms with Crippen LogP contribution in [-0.4, -0.2) is 28.1 Å². The van der Waals surface area contributed by atoms with E-state index in [1.165, 1.54) is 19.3 Å². The van der Waals surface area contributed by atoms with Crippen LogP contribution in [0.1, 0.15) is 32.1 Å². The van der Waals surface area contributed by atoms with Crippen molar-refractivity contribution in [2.24, 2.45) is 5.41 Å². The first-order chi connectivity index (χ1) is 6.56. The van der Waals surface area contributed by atoms with Gasteiger partial charge in [0.25, 0.3) is 0 Å². The summed E-state index contributed by atoms with van der Waals surface area (Å²) in [6, 6.07) is 0. The average Bonchev–Trinajstić information content (AvgIpc) is 2.18. The van der Waals surface area contributed by atoms with Gasteiger partial charge in [0.15, 0.2) is 0 Å². The minimum atomic E-state index is -0.889. The zero-order valence-corrected chi connectivity index (χ0v) is 9.52. The van der Waals surface area contributed by atoms with Crippen molar-refractivity contribution in [3.8, 4) is 0 Å². The van der Waals surface area contributed by atoms with E-state index < -0.39 is 4.70 Å². The summed E-state index contributed by atoms with van der Waals surface area (Å²) in [5.41, 5.74) is -0.127. The Morgan fingerprint density at radius 3 is 1.64 bits per heavy atom. The lowest BCUT2D eigenvalue weighted by Gasteiger charge is -2.33. The van der Waals surface area contributed by atoms with Crippen LogP contribution in [0, 0.1) is 5.41 Å². The molecule has 0 spiro atoms. The van der Waals surface area contributed by atoms with E-state index in [1.807, 2.05) is 0 Å². The van der Waals surface area contributed by atoms with Crippen LogP contribution >= 0.6 is 23.2 Å². The van der Waals surface area contributed by atoms with Gasteiger partial charge in [0.1, 0.15) is 0 Å². The smallest absolute Gasteiger partial charge is 0.313 e. The van der Waals surface area contributed by atoms with Gasteiger partial charge in [-0.2, -0.15) is 0 Å². The fraction of sp³-hybridized carbons (Fsp3) is 0.889. The van der Waals surface area contributed by atoms with Crippen molar-refractivity contribution in [2.45, 2.75) is 32.1 Å². The highest BCUT2D eigenvalue weighted by Gasteiger charge is 2.30. The van der Waals surface area contributed by atoms with Gasteiger partial charge in [-0.3, -0.25) is 4.79 Å². The maximum absolute atomic E-state index is 8.98. The van der Waals surface area contributed by atoms with Gasteiger partial charge in [-0.25, -0.2) is 0 Å². The number of carbonyl (C=O) groups excluding carboxylic acids is 1. The Morgan fingerprint density at radius 1 is 1.07 bits per heavy atom. The predicted molar refractivity (Wildman–Crippen MR) is 56.8 cm³/mol. The molecule has 84 valence electrons. The molecule has 1 aliphatic rings. The summed E-state index contributed by atoms with van der Waals surface area (Å²) in [4.78, 5) is 8.98. The molecule has 0 aliphatic heterocycles. The van der Waals surface area contributed by atoms with E-state index in [0.29, 0.717) is 0 Å². The molecule has 0 aromatic carbocycles. The predicted octanol–water partition coefficient (Wildman–Crippen LogP) is 2.51. The van der Waals surface area contributed by atoms with Gasteiger partial charge in [-0.15, -0.1) is 0 Å². The summed E-state index contributed by atoms with van der Waals surface area (Å²) in [5, 5.41) is 18.0. The average molecular weight is 243 g/mol. The van der Waals surface area contributed by atoms with Gasteiger partial charge in [0, 0.05) is 5.41 Å². The number of aliphatic hydroxyl groups is 2. The van der Waals surface area contributed by atoms with E-state index >= 15 is 0 Å². The van der Waals surface area contributed by atoms with Crippen LogP contribution in [0.5, 0.6) is 0 Å². The molecule has 0 aromatic heterocycles. The molecule has 0 radical (unpaired) electrons. The van der Waals surface area contributed by atoms with Crippen molar-refractivity contribution in [3.05, 3.63) is 0 Å². The van der Waals surface area contributed by atoms with Crippen LogP contribution in [-0.2, 0) is 0 Å². The molecule has 3 nitrogen and oxygen atoms in total. The molecule has 0 saturated heterocycles. The Hall–Kier alpha value is 0.170. The number of halogens is 2. The molecular formula is C9H16Cl2O3. The van der Waals surface area contributed by atoms with Crippen molar-refractivity contribution in [1.29, 1.82) is 0 Å². The Balaban J connectivity index is 0.000000364. The molecule has 0 heterocycles. The zero-order chi connectivity index (χ0) is 11.0. The molecular weight excluding hydrogens is 227 g/mol. The third-order valence-corrected chi connectivity index (χ3v) is 2.59. The molecule has 14 heavy (non-hydrogen) atoms. The highest BCUT2D eigenvalue weighted by Crippen LogP contribution is 2.34. The minimum Gasteiger partial charge on any atom is -0.396 e. The standard InChI is InChI=1S/C8H16O2.CCl2O/c9-6-8(7-10)4-2-1-3-5-8;2-1(3)4/h9-10H,1-7H2;. The summed E-state index contributed by atoms with van der Waals surface area (Å²) in [5.74, 6) is 0. The van der Waals surface area contributed by atoms with Gasteiger partial charge in [-0.05, 0) is 36.0 Å². The molecule has 5 heteroatoms. The van der Waals surface area contributed by atoms with Crippen molar-refractivity contribution >= 4 is 27.9 Å². The first kappa shape index (κ1) is 14.2. The number of carbonyl (C=O) groups is 1. The fourth-order valence-corrected chi connectivity index (χ4v) is 1.67. The van der Waals surface area contributed by atoms with Gasteiger partial charge in [0.2, 0.25) is 0 Å². The van der Waals surface area contributed by atoms with Crippen LogP contribution in [0.4, 0.5) is 4.79 Å². The van der Waals surface area contributed by atoms with Gasteiger partial charge in [0.05, 0.1) is 13.2 Å². The highest BCUT2D eigenvalue weighted by atomic mass is 35.5. The van der Waals surface area contributed by atoms with Crippen molar-refractivity contribution in [3.63, 3.8) is 0 Å². The normalized spacial score (nSPS) is 19.4. The topological polar surface area (TPSA) is 57.5 Å². The van der Waals surface area contributed by atoms with E-state index in [9.17, 15) is 0 Å². The summed E-state index contributed by atoms with van der Waals surface area (Å²) in [7, 11) is 0. The second-order valence-electron chi connectivity index (χ2n) is 3.60. The third-order valence-electron chi connectivity index (χ3n) is 2.59. The number of aliphatic hydroxyl groups excluding tert-OH is 2. The van der Waals surface area contributed by atoms with Gasteiger partial charge < -0.3 is 10.2 Å². The van der Waals surface area contributed by atoms with Crippen LogP contribution in [0.15, 0.2) is 0 Å². The Labute approximate surface area is 94.0 Å². The summed E-state index contributed by atoms with van der Waals surface area (Å²) in [6.07, 6.45) is 5.60. The lowest BCUT2D eigenvalue weighted by Crippen LogP contribution is -2.31. The Bertz CT molecular complexity index is 157. The molecule has 1 aliphatic carbocycles. The highest BCUT2D eigenvalue weighted by molar-refractivity contribution is 6.93.